The minimum Gasteiger partial charge on any atom is -0.494 e. The molecule has 1 fully saturated rings. The van der Waals surface area contributed by atoms with Gasteiger partial charge in [0.05, 0.1) is 6.61 Å². The number of likely N-dealkylation sites (tertiary alicyclic amines) is 1. The first-order valence-electron chi connectivity index (χ1n) is 7.40. The van der Waals surface area contributed by atoms with Crippen LogP contribution in [0, 0.1) is 0 Å². The highest BCUT2D eigenvalue weighted by molar-refractivity contribution is 5.97. The highest BCUT2D eigenvalue weighted by atomic mass is 16.5. The molecule has 1 unspecified atom stereocenters. The molecule has 5 nitrogen and oxygen atoms in total. The van der Waals surface area contributed by atoms with E-state index in [0.717, 1.165) is 19.3 Å². The highest BCUT2D eigenvalue weighted by Gasteiger charge is 2.34. The maximum Gasteiger partial charge on any atom is 0.326 e. The van der Waals surface area contributed by atoms with Crippen LogP contribution in [0.3, 0.4) is 0 Å². The maximum atomic E-state index is 12.5. The van der Waals surface area contributed by atoms with Crippen LogP contribution in [-0.2, 0) is 4.79 Å². The number of carboxylic acid groups (broad SMARTS) is 1. The SMILES string of the molecule is CCCCOc1cccc(C(=O)N2CCCC2C(=O)O)c1. The molecule has 0 aromatic heterocycles. The lowest BCUT2D eigenvalue weighted by Gasteiger charge is -2.21. The van der Waals surface area contributed by atoms with Crippen LogP contribution in [0.5, 0.6) is 5.75 Å². The summed E-state index contributed by atoms with van der Waals surface area (Å²) < 4.78 is 5.59. The van der Waals surface area contributed by atoms with E-state index < -0.39 is 12.0 Å². The third-order valence-electron chi connectivity index (χ3n) is 3.65. The second-order valence-corrected chi connectivity index (χ2v) is 5.22. The van der Waals surface area contributed by atoms with Crippen molar-refractivity contribution < 1.29 is 19.4 Å². The van der Waals surface area contributed by atoms with E-state index in [1.165, 1.54) is 4.90 Å². The van der Waals surface area contributed by atoms with E-state index in [0.29, 0.717) is 30.9 Å². The lowest BCUT2D eigenvalue weighted by Crippen LogP contribution is -2.40. The van der Waals surface area contributed by atoms with Crippen LogP contribution in [0.2, 0.25) is 0 Å². The van der Waals surface area contributed by atoms with Gasteiger partial charge >= 0.3 is 5.97 Å². The van der Waals surface area contributed by atoms with Crippen molar-refractivity contribution in [2.24, 2.45) is 0 Å². The molecule has 1 atom stereocenters. The molecule has 0 spiro atoms. The zero-order valence-electron chi connectivity index (χ0n) is 12.2. The molecule has 0 saturated carbocycles. The Balaban J connectivity index is 2.08. The largest absolute Gasteiger partial charge is 0.494 e. The van der Waals surface area contributed by atoms with Crippen LogP contribution in [0.1, 0.15) is 43.0 Å². The Hall–Kier alpha value is -2.04. The fourth-order valence-corrected chi connectivity index (χ4v) is 2.49. The van der Waals surface area contributed by atoms with E-state index in [1.54, 1.807) is 18.2 Å². The summed E-state index contributed by atoms with van der Waals surface area (Å²) >= 11 is 0. The minimum absolute atomic E-state index is 0.235. The summed E-state index contributed by atoms with van der Waals surface area (Å²) in [7, 11) is 0. The van der Waals surface area contributed by atoms with Crippen LogP contribution < -0.4 is 4.74 Å². The van der Waals surface area contributed by atoms with E-state index >= 15 is 0 Å². The Bertz CT molecular complexity index is 515. The van der Waals surface area contributed by atoms with Gasteiger partial charge in [0.2, 0.25) is 0 Å². The summed E-state index contributed by atoms with van der Waals surface area (Å²) in [6, 6.07) is 6.26. The van der Waals surface area contributed by atoms with Crippen molar-refractivity contribution in [1.29, 1.82) is 0 Å². The van der Waals surface area contributed by atoms with Gasteiger partial charge in [0.25, 0.3) is 5.91 Å². The second-order valence-electron chi connectivity index (χ2n) is 5.22. The fraction of sp³-hybridized carbons (Fsp3) is 0.500. The smallest absolute Gasteiger partial charge is 0.326 e. The van der Waals surface area contributed by atoms with Gasteiger partial charge in [-0.25, -0.2) is 4.79 Å². The van der Waals surface area contributed by atoms with Gasteiger partial charge in [-0.15, -0.1) is 0 Å². The molecule has 1 aliphatic heterocycles. The first-order valence-corrected chi connectivity index (χ1v) is 7.40. The summed E-state index contributed by atoms with van der Waals surface area (Å²) in [6.07, 6.45) is 3.27. The third-order valence-corrected chi connectivity index (χ3v) is 3.65. The number of rotatable bonds is 6. The normalized spacial score (nSPS) is 17.8. The van der Waals surface area contributed by atoms with Crippen molar-refractivity contribution in [1.82, 2.24) is 4.90 Å². The monoisotopic (exact) mass is 291 g/mol. The van der Waals surface area contributed by atoms with E-state index in [4.69, 9.17) is 9.84 Å². The van der Waals surface area contributed by atoms with Crippen LogP contribution in [0.25, 0.3) is 0 Å². The number of hydrogen-bond donors (Lipinski definition) is 1. The Morgan fingerprint density at radius 2 is 2.24 bits per heavy atom. The number of hydrogen-bond acceptors (Lipinski definition) is 3. The molecule has 0 aliphatic carbocycles. The summed E-state index contributed by atoms with van der Waals surface area (Å²) in [4.78, 5) is 25.1. The number of unbranched alkanes of at least 4 members (excludes halogenated alkanes) is 1. The highest BCUT2D eigenvalue weighted by Crippen LogP contribution is 2.22. The molecule has 0 bridgehead atoms. The predicted octanol–water partition coefficient (Wildman–Crippen LogP) is 2.55. The molecule has 5 heteroatoms. The zero-order valence-corrected chi connectivity index (χ0v) is 12.2. The predicted molar refractivity (Wildman–Crippen MR) is 78.5 cm³/mol. The van der Waals surface area contributed by atoms with Gasteiger partial charge in [-0.3, -0.25) is 4.79 Å². The quantitative estimate of drug-likeness (QED) is 0.818. The summed E-state index contributed by atoms with van der Waals surface area (Å²) in [5.74, 6) is -0.516. The van der Waals surface area contributed by atoms with Gasteiger partial charge in [-0.05, 0) is 37.5 Å². The number of ether oxygens (including phenoxy) is 1. The van der Waals surface area contributed by atoms with Gasteiger partial charge in [-0.2, -0.15) is 0 Å². The lowest BCUT2D eigenvalue weighted by molar-refractivity contribution is -0.141. The molecular weight excluding hydrogens is 270 g/mol. The molecule has 0 radical (unpaired) electrons. The van der Waals surface area contributed by atoms with Crippen molar-refractivity contribution in [3.8, 4) is 5.75 Å². The van der Waals surface area contributed by atoms with Crippen LogP contribution >= 0.6 is 0 Å². The minimum atomic E-state index is -0.934. The van der Waals surface area contributed by atoms with Crippen molar-refractivity contribution >= 4 is 11.9 Å². The van der Waals surface area contributed by atoms with Crippen molar-refractivity contribution in [2.75, 3.05) is 13.2 Å². The molecule has 21 heavy (non-hydrogen) atoms. The summed E-state index contributed by atoms with van der Waals surface area (Å²) in [5, 5.41) is 9.16. The van der Waals surface area contributed by atoms with Crippen LogP contribution in [-0.4, -0.2) is 41.1 Å². The van der Waals surface area contributed by atoms with E-state index in [9.17, 15) is 9.59 Å². The number of aliphatic carboxylic acids is 1. The van der Waals surface area contributed by atoms with Gasteiger partial charge in [0, 0.05) is 12.1 Å². The lowest BCUT2D eigenvalue weighted by atomic mass is 10.1. The average molecular weight is 291 g/mol. The number of benzene rings is 1. The fourth-order valence-electron chi connectivity index (χ4n) is 2.49. The molecule has 2 rings (SSSR count). The molecule has 114 valence electrons. The number of carbonyl (C=O) groups is 2. The maximum absolute atomic E-state index is 12.5. The summed E-state index contributed by atoms with van der Waals surface area (Å²) in [5.41, 5.74) is 0.483. The standard InChI is InChI=1S/C16H21NO4/c1-2-3-10-21-13-7-4-6-12(11-13)15(18)17-9-5-8-14(17)16(19)20/h4,6-7,11,14H,2-3,5,8-10H2,1H3,(H,19,20). The summed E-state index contributed by atoms with van der Waals surface area (Å²) in [6.45, 7) is 3.20. The Labute approximate surface area is 124 Å². The zero-order chi connectivity index (χ0) is 15.2. The first-order chi connectivity index (χ1) is 10.1. The molecule has 1 aromatic rings. The van der Waals surface area contributed by atoms with E-state index in [2.05, 4.69) is 6.92 Å². The molecule has 1 amide bonds. The second kappa shape index (κ2) is 7.11. The van der Waals surface area contributed by atoms with Crippen LogP contribution in [0.4, 0.5) is 0 Å². The van der Waals surface area contributed by atoms with Gasteiger partial charge in [0.1, 0.15) is 11.8 Å². The molecule has 1 N–H and O–H groups in total. The van der Waals surface area contributed by atoms with Crippen molar-refractivity contribution in [2.45, 2.75) is 38.6 Å². The van der Waals surface area contributed by atoms with Gasteiger partial charge in [-0.1, -0.05) is 19.4 Å². The topological polar surface area (TPSA) is 66.8 Å². The van der Waals surface area contributed by atoms with Crippen molar-refractivity contribution in [3.63, 3.8) is 0 Å². The number of nitrogens with zero attached hydrogens (tertiary/aromatic N) is 1. The Morgan fingerprint density at radius 1 is 1.43 bits per heavy atom. The first kappa shape index (κ1) is 15.4. The number of carboxylic acids is 1. The number of carbonyl (C=O) groups excluding carboxylic acids is 1. The van der Waals surface area contributed by atoms with Crippen LogP contribution in [0.15, 0.2) is 24.3 Å². The molecule has 1 saturated heterocycles. The molecule has 1 aromatic carbocycles. The number of amides is 1. The Morgan fingerprint density at radius 3 is 2.95 bits per heavy atom. The van der Waals surface area contributed by atoms with E-state index in [-0.39, 0.29) is 5.91 Å². The third kappa shape index (κ3) is 3.74. The molecular formula is C16H21NO4. The molecule has 1 aliphatic rings. The van der Waals surface area contributed by atoms with Gasteiger partial charge in [0.15, 0.2) is 0 Å². The average Bonchev–Trinajstić information content (AvgIpc) is 2.97. The van der Waals surface area contributed by atoms with E-state index in [1.807, 2.05) is 6.07 Å². The van der Waals surface area contributed by atoms with Gasteiger partial charge < -0.3 is 14.7 Å². The van der Waals surface area contributed by atoms with Crippen molar-refractivity contribution in [3.05, 3.63) is 29.8 Å². The molecule has 1 heterocycles. The Kier molecular flexibility index (Phi) is 5.20.